The third kappa shape index (κ3) is 2.69. The van der Waals surface area contributed by atoms with Gasteiger partial charge in [0, 0.05) is 18.7 Å². The van der Waals surface area contributed by atoms with E-state index in [9.17, 15) is 13.2 Å². The molecule has 3 rings (SSSR count). The number of nitrogens with one attached hydrogen (secondary N) is 1. The van der Waals surface area contributed by atoms with Gasteiger partial charge >= 0.3 is 0 Å². The molecular formula is C13H18N2O3S2. The van der Waals surface area contributed by atoms with Crippen molar-refractivity contribution in [2.45, 2.75) is 30.6 Å². The van der Waals surface area contributed by atoms with Gasteiger partial charge in [0.05, 0.1) is 10.6 Å². The molecule has 0 radical (unpaired) electrons. The Morgan fingerprint density at radius 3 is 2.50 bits per heavy atom. The van der Waals surface area contributed by atoms with Crippen molar-refractivity contribution >= 4 is 37.6 Å². The van der Waals surface area contributed by atoms with Crippen LogP contribution in [0.1, 0.15) is 35.4 Å². The molecule has 110 valence electrons. The highest BCUT2D eigenvalue weighted by molar-refractivity contribution is 7.91. The van der Waals surface area contributed by atoms with E-state index in [0.717, 1.165) is 25.6 Å². The zero-order valence-electron chi connectivity index (χ0n) is 11.3. The fourth-order valence-corrected chi connectivity index (χ4v) is 4.78. The van der Waals surface area contributed by atoms with Crippen LogP contribution in [0.2, 0.25) is 0 Å². The lowest BCUT2D eigenvalue weighted by Crippen LogP contribution is -2.08. The smallest absolute Gasteiger partial charge is 0.180 e. The minimum Gasteiger partial charge on any atom is -0.396 e. The number of ketones is 1. The van der Waals surface area contributed by atoms with Crippen LogP contribution in [0.4, 0.5) is 10.7 Å². The zero-order valence-corrected chi connectivity index (χ0v) is 12.9. The van der Waals surface area contributed by atoms with Gasteiger partial charge in [0.15, 0.2) is 15.6 Å². The first kappa shape index (κ1) is 13.9. The Kier molecular flexibility index (Phi) is 3.29. The summed E-state index contributed by atoms with van der Waals surface area (Å²) in [5.41, 5.74) is 6.08. The van der Waals surface area contributed by atoms with Crippen molar-refractivity contribution in [1.29, 1.82) is 0 Å². The summed E-state index contributed by atoms with van der Waals surface area (Å²) in [7, 11) is -3.44. The Morgan fingerprint density at radius 2 is 2.00 bits per heavy atom. The van der Waals surface area contributed by atoms with E-state index in [1.54, 1.807) is 0 Å². The van der Waals surface area contributed by atoms with Crippen molar-refractivity contribution in [3.63, 3.8) is 0 Å². The van der Waals surface area contributed by atoms with Crippen LogP contribution in [0.5, 0.6) is 0 Å². The van der Waals surface area contributed by atoms with Crippen molar-refractivity contribution in [3.05, 3.63) is 4.88 Å². The highest BCUT2D eigenvalue weighted by Crippen LogP contribution is 2.44. The van der Waals surface area contributed by atoms with Crippen LogP contribution in [-0.4, -0.2) is 27.0 Å². The topological polar surface area (TPSA) is 89.3 Å². The normalized spacial score (nSPS) is 19.1. The van der Waals surface area contributed by atoms with Crippen molar-refractivity contribution in [2.24, 2.45) is 11.8 Å². The zero-order chi connectivity index (χ0) is 14.5. The van der Waals surface area contributed by atoms with Gasteiger partial charge in [-0.05, 0) is 31.6 Å². The predicted molar refractivity (Wildman–Crippen MR) is 80.1 cm³/mol. The van der Waals surface area contributed by atoms with Crippen LogP contribution >= 0.6 is 11.3 Å². The number of carbonyl (C=O) groups excluding carboxylic acids is 1. The molecule has 0 saturated heterocycles. The average molecular weight is 314 g/mol. The van der Waals surface area contributed by atoms with E-state index in [1.807, 2.05) is 0 Å². The number of hydrogen-bond donors (Lipinski definition) is 2. The van der Waals surface area contributed by atoms with Gasteiger partial charge in [-0.15, -0.1) is 11.3 Å². The maximum atomic E-state index is 12.2. The number of nitrogen functional groups attached to an aromatic ring is 1. The molecule has 2 fully saturated rings. The Labute approximate surface area is 122 Å². The first-order valence-corrected chi connectivity index (χ1v) is 9.49. The van der Waals surface area contributed by atoms with Crippen LogP contribution in [0, 0.1) is 11.8 Å². The second-order valence-corrected chi connectivity index (χ2v) is 8.71. The largest absolute Gasteiger partial charge is 0.396 e. The molecule has 0 amide bonds. The van der Waals surface area contributed by atoms with Gasteiger partial charge in [-0.1, -0.05) is 0 Å². The molecule has 2 saturated carbocycles. The van der Waals surface area contributed by atoms with Gasteiger partial charge in [0.1, 0.15) is 9.90 Å². The molecule has 0 spiro atoms. The van der Waals surface area contributed by atoms with E-state index in [4.69, 9.17) is 5.73 Å². The third-order valence-electron chi connectivity index (χ3n) is 3.69. The van der Waals surface area contributed by atoms with Gasteiger partial charge in [0.2, 0.25) is 0 Å². The number of rotatable bonds is 6. The Balaban J connectivity index is 1.96. The fraction of sp³-hybridized carbons (Fsp3) is 0.615. The number of Topliss-reactive ketones (excluding diaryl/α,β-unsaturated/α-hetero) is 1. The first-order valence-electron chi connectivity index (χ1n) is 6.78. The molecule has 7 heteroatoms. The van der Waals surface area contributed by atoms with Crippen molar-refractivity contribution in [1.82, 2.24) is 0 Å². The summed E-state index contributed by atoms with van der Waals surface area (Å²) >= 11 is 1.19. The minimum absolute atomic E-state index is 0.00290. The molecule has 5 nitrogen and oxygen atoms in total. The van der Waals surface area contributed by atoms with Crippen molar-refractivity contribution in [3.8, 4) is 0 Å². The molecule has 0 aromatic carbocycles. The number of carbonyl (C=O) groups is 1. The van der Waals surface area contributed by atoms with Gasteiger partial charge in [-0.3, -0.25) is 4.79 Å². The van der Waals surface area contributed by atoms with Gasteiger partial charge < -0.3 is 11.1 Å². The molecule has 3 N–H and O–H groups in total. The quantitative estimate of drug-likeness (QED) is 0.785. The number of hydrogen-bond acceptors (Lipinski definition) is 6. The lowest BCUT2D eigenvalue weighted by molar-refractivity contribution is 0.0972. The summed E-state index contributed by atoms with van der Waals surface area (Å²) in [6.07, 6.45) is 5.26. The molecule has 0 aliphatic heterocycles. The van der Waals surface area contributed by atoms with Gasteiger partial charge in [-0.2, -0.15) is 0 Å². The molecule has 1 aromatic rings. The molecular weight excluding hydrogens is 296 g/mol. The predicted octanol–water partition coefficient (Wildman–Crippen LogP) is 2.15. The van der Waals surface area contributed by atoms with Crippen molar-refractivity contribution in [2.75, 3.05) is 23.9 Å². The maximum absolute atomic E-state index is 12.2. The monoisotopic (exact) mass is 314 g/mol. The maximum Gasteiger partial charge on any atom is 0.180 e. The van der Waals surface area contributed by atoms with Crippen LogP contribution in [0.25, 0.3) is 0 Å². The molecule has 0 atom stereocenters. The molecule has 1 aromatic heterocycles. The Morgan fingerprint density at radius 1 is 1.35 bits per heavy atom. The summed E-state index contributed by atoms with van der Waals surface area (Å²) in [4.78, 5) is 12.7. The number of sulfone groups is 1. The third-order valence-corrected chi connectivity index (χ3v) is 6.16. The summed E-state index contributed by atoms with van der Waals surface area (Å²) in [6, 6.07) is 0. The Bertz CT molecular complexity index is 655. The second kappa shape index (κ2) is 4.73. The number of nitrogens with two attached hydrogens (primary N) is 1. The number of anilines is 2. The molecule has 2 aliphatic carbocycles. The highest BCUT2D eigenvalue weighted by Gasteiger charge is 2.36. The van der Waals surface area contributed by atoms with Crippen LogP contribution in [0.15, 0.2) is 4.90 Å². The lowest BCUT2D eigenvalue weighted by Gasteiger charge is -2.05. The van der Waals surface area contributed by atoms with Crippen molar-refractivity contribution < 1.29 is 13.2 Å². The Hall–Kier alpha value is -1.08. The summed E-state index contributed by atoms with van der Waals surface area (Å²) < 4.78 is 23.9. The van der Waals surface area contributed by atoms with E-state index in [0.29, 0.717) is 15.8 Å². The van der Waals surface area contributed by atoms with E-state index < -0.39 is 9.84 Å². The number of thiophene rings is 1. The van der Waals surface area contributed by atoms with E-state index in [-0.39, 0.29) is 22.3 Å². The summed E-state index contributed by atoms with van der Waals surface area (Å²) in [5.74, 6) is 0.657. The molecule has 20 heavy (non-hydrogen) atoms. The standard InChI is InChI=1S/C13H18N2O3S2/c1-20(17,18)12-9(14)11(10(16)8-4-5-8)19-13(12)15-6-7-2-3-7/h7-8,15H,2-6,14H2,1H3. The molecule has 1 heterocycles. The fourth-order valence-electron chi connectivity index (χ4n) is 2.19. The SMILES string of the molecule is CS(=O)(=O)c1c(NCC2CC2)sc(C(=O)C2CC2)c1N. The van der Waals surface area contributed by atoms with E-state index in [1.165, 1.54) is 24.2 Å². The average Bonchev–Trinajstić information content (AvgIpc) is 3.23. The first-order chi connectivity index (χ1) is 9.38. The molecule has 2 aliphatic rings. The minimum atomic E-state index is -3.44. The summed E-state index contributed by atoms with van der Waals surface area (Å²) in [5, 5.41) is 3.69. The van der Waals surface area contributed by atoms with Crippen LogP contribution in [-0.2, 0) is 9.84 Å². The van der Waals surface area contributed by atoms with Gasteiger partial charge in [-0.25, -0.2) is 8.42 Å². The molecule has 0 unspecified atom stereocenters. The molecule has 0 bridgehead atoms. The lowest BCUT2D eigenvalue weighted by atomic mass is 10.2. The highest BCUT2D eigenvalue weighted by atomic mass is 32.2. The van der Waals surface area contributed by atoms with Crippen LogP contribution < -0.4 is 11.1 Å². The van der Waals surface area contributed by atoms with Crippen LogP contribution in [0.3, 0.4) is 0 Å². The van der Waals surface area contributed by atoms with Gasteiger partial charge in [0.25, 0.3) is 0 Å². The summed E-state index contributed by atoms with van der Waals surface area (Å²) in [6.45, 7) is 0.750. The van der Waals surface area contributed by atoms with E-state index in [2.05, 4.69) is 5.32 Å². The second-order valence-electron chi connectivity index (χ2n) is 5.74. The van der Waals surface area contributed by atoms with E-state index >= 15 is 0 Å².